The molecule has 1 aliphatic rings. The Hall–Kier alpha value is -2.82. The maximum atomic E-state index is 13.0. The maximum absolute atomic E-state index is 13.0. The lowest BCUT2D eigenvalue weighted by molar-refractivity contribution is -0.134. The summed E-state index contributed by atoms with van der Waals surface area (Å²) in [7, 11) is 1.66. The highest BCUT2D eigenvalue weighted by atomic mass is 16.5. The van der Waals surface area contributed by atoms with Crippen molar-refractivity contribution >= 4 is 11.8 Å². The van der Waals surface area contributed by atoms with Gasteiger partial charge in [0.2, 0.25) is 11.8 Å². The first-order valence-electron chi connectivity index (χ1n) is 11.4. The Kier molecular flexibility index (Phi) is 8.51. The minimum absolute atomic E-state index is 0.0784. The smallest absolute Gasteiger partial charge is 0.230 e. The van der Waals surface area contributed by atoms with Crippen molar-refractivity contribution in [2.45, 2.75) is 57.4 Å². The Bertz CT molecular complexity index is 827. The summed E-state index contributed by atoms with van der Waals surface area (Å²) < 4.78 is 5.17. The van der Waals surface area contributed by atoms with Crippen LogP contribution in [0, 0.1) is 0 Å². The molecule has 1 atom stereocenters. The molecule has 5 nitrogen and oxygen atoms in total. The molecule has 1 fully saturated rings. The molecule has 0 radical (unpaired) electrons. The summed E-state index contributed by atoms with van der Waals surface area (Å²) in [6.45, 7) is 3.48. The number of carbonyl (C=O) groups is 2. The second-order valence-electron chi connectivity index (χ2n) is 8.24. The Morgan fingerprint density at radius 3 is 2.35 bits per heavy atom. The third-order valence-electron chi connectivity index (χ3n) is 6.11. The summed E-state index contributed by atoms with van der Waals surface area (Å²) >= 11 is 0. The van der Waals surface area contributed by atoms with Crippen LogP contribution in [0.4, 0.5) is 0 Å². The Balaban J connectivity index is 1.39. The molecule has 3 rings (SSSR count). The van der Waals surface area contributed by atoms with Crippen molar-refractivity contribution in [3.8, 4) is 5.75 Å². The topological polar surface area (TPSA) is 58.6 Å². The molecule has 1 saturated heterocycles. The van der Waals surface area contributed by atoms with Gasteiger partial charge in [0.1, 0.15) is 5.75 Å². The second kappa shape index (κ2) is 11.5. The SMILES string of the molecule is CCC(C(=O)N1CCC(NC(=O)CCCc2ccc(OC)cc2)CC1)c1ccccc1. The van der Waals surface area contributed by atoms with Crippen molar-refractivity contribution < 1.29 is 14.3 Å². The Labute approximate surface area is 185 Å². The van der Waals surface area contributed by atoms with Crippen molar-refractivity contribution in [1.82, 2.24) is 10.2 Å². The van der Waals surface area contributed by atoms with Crippen molar-refractivity contribution in [3.05, 3.63) is 65.7 Å². The minimum Gasteiger partial charge on any atom is -0.497 e. The number of nitrogens with zero attached hydrogens (tertiary/aromatic N) is 1. The van der Waals surface area contributed by atoms with Gasteiger partial charge in [-0.3, -0.25) is 9.59 Å². The molecule has 166 valence electrons. The number of aryl methyl sites for hydroxylation is 1. The van der Waals surface area contributed by atoms with Gasteiger partial charge in [-0.2, -0.15) is 0 Å². The number of nitrogens with one attached hydrogen (secondary N) is 1. The summed E-state index contributed by atoms with van der Waals surface area (Å²) in [6, 6.07) is 18.2. The van der Waals surface area contributed by atoms with E-state index < -0.39 is 0 Å². The summed E-state index contributed by atoms with van der Waals surface area (Å²) in [5.41, 5.74) is 2.30. The van der Waals surface area contributed by atoms with Crippen LogP contribution in [0.5, 0.6) is 5.75 Å². The van der Waals surface area contributed by atoms with E-state index in [4.69, 9.17) is 4.74 Å². The van der Waals surface area contributed by atoms with Gasteiger partial charge in [0.05, 0.1) is 13.0 Å². The molecule has 31 heavy (non-hydrogen) atoms. The normalized spacial score (nSPS) is 15.4. The third-order valence-corrected chi connectivity index (χ3v) is 6.11. The van der Waals surface area contributed by atoms with E-state index in [2.05, 4.69) is 12.2 Å². The molecule has 1 N–H and O–H groups in total. The van der Waals surface area contributed by atoms with Gasteiger partial charge >= 0.3 is 0 Å². The van der Waals surface area contributed by atoms with Crippen molar-refractivity contribution in [2.75, 3.05) is 20.2 Å². The molecule has 2 amide bonds. The molecule has 2 aromatic rings. The molecule has 0 spiro atoms. The van der Waals surface area contributed by atoms with E-state index in [0.717, 1.165) is 43.4 Å². The molecule has 0 bridgehead atoms. The van der Waals surface area contributed by atoms with Crippen molar-refractivity contribution in [1.29, 1.82) is 0 Å². The zero-order chi connectivity index (χ0) is 22.1. The number of benzene rings is 2. The number of piperidine rings is 1. The van der Waals surface area contributed by atoms with Crippen LogP contribution in [-0.2, 0) is 16.0 Å². The number of ether oxygens (including phenoxy) is 1. The van der Waals surface area contributed by atoms with Crippen LogP contribution >= 0.6 is 0 Å². The molecule has 0 saturated carbocycles. The predicted octanol–water partition coefficient (Wildman–Crippen LogP) is 4.32. The number of methoxy groups -OCH3 is 1. The van der Waals surface area contributed by atoms with Crippen molar-refractivity contribution in [2.24, 2.45) is 0 Å². The van der Waals surface area contributed by atoms with Gasteiger partial charge < -0.3 is 15.0 Å². The van der Waals surface area contributed by atoms with Gasteiger partial charge in [-0.1, -0.05) is 49.4 Å². The zero-order valence-corrected chi connectivity index (χ0v) is 18.7. The number of hydrogen-bond donors (Lipinski definition) is 1. The fourth-order valence-electron chi connectivity index (χ4n) is 4.25. The molecule has 1 unspecified atom stereocenters. The first-order chi connectivity index (χ1) is 15.1. The highest BCUT2D eigenvalue weighted by Gasteiger charge is 2.28. The largest absolute Gasteiger partial charge is 0.497 e. The zero-order valence-electron chi connectivity index (χ0n) is 18.7. The van der Waals surface area contributed by atoms with Crippen LogP contribution in [0.1, 0.15) is 56.1 Å². The predicted molar refractivity (Wildman–Crippen MR) is 123 cm³/mol. The van der Waals surface area contributed by atoms with E-state index in [-0.39, 0.29) is 23.8 Å². The molecular weight excluding hydrogens is 388 g/mol. The van der Waals surface area contributed by atoms with E-state index in [9.17, 15) is 9.59 Å². The first-order valence-corrected chi connectivity index (χ1v) is 11.4. The number of likely N-dealkylation sites (tertiary alicyclic amines) is 1. The number of hydrogen-bond acceptors (Lipinski definition) is 3. The van der Waals surface area contributed by atoms with E-state index >= 15 is 0 Å². The van der Waals surface area contributed by atoms with Crippen LogP contribution in [0.3, 0.4) is 0 Å². The first kappa shape index (κ1) is 22.9. The van der Waals surface area contributed by atoms with Crippen molar-refractivity contribution in [3.63, 3.8) is 0 Å². The molecule has 5 heteroatoms. The van der Waals surface area contributed by atoms with Gasteiger partial charge in [-0.05, 0) is 55.4 Å². The van der Waals surface area contributed by atoms with Gasteiger partial charge in [0.25, 0.3) is 0 Å². The van der Waals surface area contributed by atoms with Crippen LogP contribution in [0.25, 0.3) is 0 Å². The van der Waals surface area contributed by atoms with Crippen LogP contribution in [-0.4, -0.2) is 43.0 Å². The summed E-state index contributed by atoms with van der Waals surface area (Å²) in [5, 5.41) is 3.16. The lowest BCUT2D eigenvalue weighted by Gasteiger charge is -2.34. The van der Waals surface area contributed by atoms with E-state index in [1.54, 1.807) is 7.11 Å². The van der Waals surface area contributed by atoms with Gasteiger partial charge in [0, 0.05) is 25.6 Å². The number of carbonyl (C=O) groups excluding carboxylic acids is 2. The lowest BCUT2D eigenvalue weighted by atomic mass is 9.93. The molecule has 0 aliphatic carbocycles. The maximum Gasteiger partial charge on any atom is 0.230 e. The Morgan fingerprint density at radius 1 is 1.06 bits per heavy atom. The third kappa shape index (κ3) is 6.58. The average Bonchev–Trinajstić information content (AvgIpc) is 2.81. The fraction of sp³-hybridized carbons (Fsp3) is 0.462. The fourth-order valence-corrected chi connectivity index (χ4v) is 4.25. The monoisotopic (exact) mass is 422 g/mol. The summed E-state index contributed by atoms with van der Waals surface area (Å²) in [5.74, 6) is 1.08. The minimum atomic E-state index is -0.0784. The number of rotatable bonds is 9. The summed E-state index contributed by atoms with van der Waals surface area (Å²) in [4.78, 5) is 27.3. The van der Waals surface area contributed by atoms with E-state index in [1.165, 1.54) is 5.56 Å². The standard InChI is InChI=1S/C26H34N2O3/c1-3-24(21-9-5-4-6-10-21)26(30)28-18-16-22(17-19-28)27-25(29)11-7-8-20-12-14-23(31-2)15-13-20/h4-6,9-10,12-15,22,24H,3,7-8,11,16-19H2,1-2H3,(H,27,29). The molecular formula is C26H34N2O3. The quantitative estimate of drug-likeness (QED) is 0.655. The lowest BCUT2D eigenvalue weighted by Crippen LogP contribution is -2.47. The number of amides is 2. The molecule has 0 aromatic heterocycles. The highest BCUT2D eigenvalue weighted by Crippen LogP contribution is 2.24. The van der Waals surface area contributed by atoms with E-state index in [0.29, 0.717) is 19.5 Å². The molecule has 1 aliphatic heterocycles. The van der Waals surface area contributed by atoms with Crippen LogP contribution in [0.2, 0.25) is 0 Å². The average molecular weight is 423 g/mol. The molecule has 1 heterocycles. The van der Waals surface area contributed by atoms with Gasteiger partial charge in [-0.25, -0.2) is 0 Å². The van der Waals surface area contributed by atoms with Gasteiger partial charge in [0.15, 0.2) is 0 Å². The summed E-state index contributed by atoms with van der Waals surface area (Å²) in [6.07, 6.45) is 4.67. The highest BCUT2D eigenvalue weighted by molar-refractivity contribution is 5.84. The Morgan fingerprint density at radius 2 is 1.74 bits per heavy atom. The van der Waals surface area contributed by atoms with Crippen LogP contribution < -0.4 is 10.1 Å². The van der Waals surface area contributed by atoms with Gasteiger partial charge in [-0.15, -0.1) is 0 Å². The second-order valence-corrected chi connectivity index (χ2v) is 8.24. The van der Waals surface area contributed by atoms with E-state index in [1.807, 2.05) is 59.5 Å². The molecule has 2 aromatic carbocycles. The van der Waals surface area contributed by atoms with Crippen LogP contribution in [0.15, 0.2) is 54.6 Å².